The summed E-state index contributed by atoms with van der Waals surface area (Å²) in [5.74, 6) is -0.828. The molecular weight excluding hydrogens is 302 g/mol. The van der Waals surface area contributed by atoms with E-state index in [0.29, 0.717) is 5.69 Å². The molecule has 0 radical (unpaired) electrons. The lowest BCUT2D eigenvalue weighted by Gasteiger charge is -2.10. The van der Waals surface area contributed by atoms with Crippen molar-refractivity contribution in [2.75, 3.05) is 17.2 Å². The largest absolute Gasteiger partial charge is 0.376 e. The van der Waals surface area contributed by atoms with Gasteiger partial charge in [0, 0.05) is 5.69 Å². The van der Waals surface area contributed by atoms with E-state index in [2.05, 4.69) is 10.6 Å². The molecule has 0 spiro atoms. The van der Waals surface area contributed by atoms with Crippen LogP contribution in [0.25, 0.3) is 10.8 Å². The maximum absolute atomic E-state index is 12.1. The van der Waals surface area contributed by atoms with Crippen LogP contribution >= 0.6 is 0 Å². The first-order chi connectivity index (χ1) is 11.6. The lowest BCUT2D eigenvalue weighted by atomic mass is 10.1. The molecule has 0 aliphatic rings. The minimum Gasteiger partial charge on any atom is -0.376 e. The van der Waals surface area contributed by atoms with Gasteiger partial charge >= 0.3 is 0 Å². The molecule has 0 saturated carbocycles. The fraction of sp³-hybridized carbons (Fsp3) is 0.0526. The molecule has 0 saturated heterocycles. The number of carbonyl (C=O) groups is 2. The second-order valence-corrected chi connectivity index (χ2v) is 5.37. The molecule has 0 unspecified atom stereocenters. The Bertz CT molecular complexity index is 906. The fourth-order valence-corrected chi connectivity index (χ4v) is 2.48. The van der Waals surface area contributed by atoms with Crippen LogP contribution in [0.3, 0.4) is 0 Å². The van der Waals surface area contributed by atoms with Gasteiger partial charge in [-0.2, -0.15) is 0 Å². The van der Waals surface area contributed by atoms with E-state index in [4.69, 9.17) is 5.73 Å². The summed E-state index contributed by atoms with van der Waals surface area (Å²) < 4.78 is 0. The molecule has 3 aromatic carbocycles. The number of primary amides is 1. The van der Waals surface area contributed by atoms with Gasteiger partial charge < -0.3 is 16.4 Å². The number of hydrogen-bond acceptors (Lipinski definition) is 3. The summed E-state index contributed by atoms with van der Waals surface area (Å²) in [6.45, 7) is 0.0887. The summed E-state index contributed by atoms with van der Waals surface area (Å²) in [5, 5.41) is 8.01. The third kappa shape index (κ3) is 3.52. The van der Waals surface area contributed by atoms with Gasteiger partial charge in [-0.3, -0.25) is 9.59 Å². The molecule has 5 nitrogen and oxygen atoms in total. The molecule has 2 amide bonds. The molecule has 24 heavy (non-hydrogen) atoms. The van der Waals surface area contributed by atoms with Crippen LogP contribution in [-0.2, 0) is 4.79 Å². The summed E-state index contributed by atoms with van der Waals surface area (Å²) in [6, 6.07) is 20.6. The highest BCUT2D eigenvalue weighted by Crippen LogP contribution is 2.19. The monoisotopic (exact) mass is 319 g/mol. The number of rotatable bonds is 5. The van der Waals surface area contributed by atoms with Crippen molar-refractivity contribution < 1.29 is 9.59 Å². The van der Waals surface area contributed by atoms with Crippen molar-refractivity contribution in [1.82, 2.24) is 0 Å². The summed E-state index contributed by atoms with van der Waals surface area (Å²) in [4.78, 5) is 23.5. The Morgan fingerprint density at radius 2 is 1.58 bits per heavy atom. The number of anilines is 2. The van der Waals surface area contributed by atoms with E-state index in [0.717, 1.165) is 16.5 Å². The number of nitrogens with two attached hydrogens (primary N) is 1. The second kappa shape index (κ2) is 6.83. The summed E-state index contributed by atoms with van der Waals surface area (Å²) >= 11 is 0. The zero-order valence-corrected chi connectivity index (χ0v) is 13.0. The smallest absolute Gasteiger partial charge is 0.250 e. The van der Waals surface area contributed by atoms with E-state index in [1.165, 1.54) is 0 Å². The van der Waals surface area contributed by atoms with Crippen molar-refractivity contribution in [3.8, 4) is 0 Å². The molecular formula is C19H17N3O2. The zero-order chi connectivity index (χ0) is 16.9. The molecule has 3 aromatic rings. The topological polar surface area (TPSA) is 84.2 Å². The van der Waals surface area contributed by atoms with Crippen molar-refractivity contribution in [2.24, 2.45) is 5.73 Å². The van der Waals surface area contributed by atoms with Gasteiger partial charge in [0.05, 0.1) is 17.8 Å². The zero-order valence-electron chi connectivity index (χ0n) is 13.0. The van der Waals surface area contributed by atoms with Gasteiger partial charge in [-0.15, -0.1) is 0 Å². The summed E-state index contributed by atoms with van der Waals surface area (Å²) in [6.07, 6.45) is 0. The Labute approximate surface area is 139 Å². The number of hydrogen-bond donors (Lipinski definition) is 3. The molecule has 0 aromatic heterocycles. The van der Waals surface area contributed by atoms with E-state index in [1.807, 2.05) is 42.5 Å². The van der Waals surface area contributed by atoms with E-state index in [1.54, 1.807) is 24.3 Å². The SMILES string of the molecule is NC(=O)c1ccccc1NC(=O)CNc1ccc2ccccc2c1. The molecule has 0 bridgehead atoms. The maximum atomic E-state index is 12.1. The molecule has 120 valence electrons. The summed E-state index contributed by atoms with van der Waals surface area (Å²) in [5.41, 5.74) is 6.86. The standard InChI is InChI=1S/C19H17N3O2/c20-19(24)16-7-3-4-8-17(16)22-18(23)12-21-15-10-9-13-5-1-2-6-14(13)11-15/h1-11,21H,12H2,(H2,20,24)(H,22,23). The Morgan fingerprint density at radius 3 is 2.38 bits per heavy atom. The number of benzene rings is 3. The van der Waals surface area contributed by atoms with Crippen LogP contribution in [0.4, 0.5) is 11.4 Å². The minimum atomic E-state index is -0.576. The number of fused-ring (bicyclic) bond motifs is 1. The normalized spacial score (nSPS) is 10.3. The average molecular weight is 319 g/mol. The van der Waals surface area contributed by atoms with E-state index in [-0.39, 0.29) is 18.0 Å². The molecule has 0 heterocycles. The van der Waals surface area contributed by atoms with Gasteiger partial charge in [-0.1, -0.05) is 42.5 Å². The van der Waals surface area contributed by atoms with Gasteiger partial charge in [-0.25, -0.2) is 0 Å². The highest BCUT2D eigenvalue weighted by Gasteiger charge is 2.10. The van der Waals surface area contributed by atoms with Gasteiger partial charge in [-0.05, 0) is 35.0 Å². The van der Waals surface area contributed by atoms with Crippen LogP contribution < -0.4 is 16.4 Å². The molecule has 0 aliphatic heterocycles. The van der Waals surface area contributed by atoms with Crippen molar-refractivity contribution in [1.29, 1.82) is 0 Å². The molecule has 0 fully saturated rings. The van der Waals surface area contributed by atoms with Crippen LogP contribution in [0.2, 0.25) is 0 Å². The third-order valence-electron chi connectivity index (χ3n) is 3.67. The molecule has 0 atom stereocenters. The van der Waals surface area contributed by atoms with Crippen LogP contribution in [0.5, 0.6) is 0 Å². The van der Waals surface area contributed by atoms with Gasteiger partial charge in [0.1, 0.15) is 0 Å². The summed E-state index contributed by atoms with van der Waals surface area (Å²) in [7, 11) is 0. The number of nitrogens with one attached hydrogen (secondary N) is 2. The lowest BCUT2D eigenvalue weighted by Crippen LogP contribution is -2.24. The van der Waals surface area contributed by atoms with Crippen LogP contribution in [0.15, 0.2) is 66.7 Å². The molecule has 4 N–H and O–H groups in total. The number of amides is 2. The molecule has 5 heteroatoms. The number of para-hydroxylation sites is 1. The highest BCUT2D eigenvalue weighted by atomic mass is 16.2. The van der Waals surface area contributed by atoms with E-state index >= 15 is 0 Å². The maximum Gasteiger partial charge on any atom is 0.250 e. The van der Waals surface area contributed by atoms with Crippen LogP contribution in [-0.4, -0.2) is 18.4 Å². The fourth-order valence-electron chi connectivity index (χ4n) is 2.48. The first-order valence-corrected chi connectivity index (χ1v) is 7.55. The first-order valence-electron chi connectivity index (χ1n) is 7.55. The Hall–Kier alpha value is -3.34. The van der Waals surface area contributed by atoms with Crippen molar-refractivity contribution in [3.05, 3.63) is 72.3 Å². The van der Waals surface area contributed by atoms with Gasteiger partial charge in [0.25, 0.3) is 5.91 Å². The first kappa shape index (κ1) is 15.6. The lowest BCUT2D eigenvalue weighted by molar-refractivity contribution is -0.114. The Balaban J connectivity index is 1.66. The predicted molar refractivity (Wildman–Crippen MR) is 96.0 cm³/mol. The van der Waals surface area contributed by atoms with Crippen LogP contribution in [0, 0.1) is 0 Å². The molecule has 3 rings (SSSR count). The van der Waals surface area contributed by atoms with E-state index < -0.39 is 5.91 Å². The average Bonchev–Trinajstić information content (AvgIpc) is 2.60. The predicted octanol–water partition coefficient (Wildman–Crippen LogP) is 2.99. The number of carbonyl (C=O) groups excluding carboxylic acids is 2. The van der Waals surface area contributed by atoms with Gasteiger partial charge in [0.15, 0.2) is 0 Å². The van der Waals surface area contributed by atoms with Crippen molar-refractivity contribution in [2.45, 2.75) is 0 Å². The Morgan fingerprint density at radius 1 is 0.875 bits per heavy atom. The quantitative estimate of drug-likeness (QED) is 0.676. The Kier molecular flexibility index (Phi) is 4.43. The second-order valence-electron chi connectivity index (χ2n) is 5.37. The van der Waals surface area contributed by atoms with Crippen LogP contribution in [0.1, 0.15) is 10.4 Å². The van der Waals surface area contributed by atoms with Crippen molar-refractivity contribution >= 4 is 34.0 Å². The molecule has 0 aliphatic carbocycles. The minimum absolute atomic E-state index is 0.0887. The highest BCUT2D eigenvalue weighted by molar-refractivity contribution is 6.03. The van der Waals surface area contributed by atoms with Gasteiger partial charge in [0.2, 0.25) is 5.91 Å². The van der Waals surface area contributed by atoms with E-state index in [9.17, 15) is 9.59 Å². The third-order valence-corrected chi connectivity index (χ3v) is 3.67. The van der Waals surface area contributed by atoms with Crippen molar-refractivity contribution in [3.63, 3.8) is 0 Å².